The van der Waals surface area contributed by atoms with Gasteiger partial charge < -0.3 is 4.98 Å². The normalized spacial score (nSPS) is 21.0. The minimum Gasteiger partial charge on any atom is -0.348 e. The van der Waals surface area contributed by atoms with Crippen LogP contribution in [0.1, 0.15) is 54.1 Å². The van der Waals surface area contributed by atoms with Crippen LogP contribution < -0.4 is 0 Å². The summed E-state index contributed by atoms with van der Waals surface area (Å²) in [5.41, 5.74) is 4.21. The average molecular weight is 368 g/mol. The van der Waals surface area contributed by atoms with E-state index in [1.54, 1.807) is 6.33 Å². The number of likely N-dealkylation sites (tertiary alicyclic amines) is 1. The maximum absolute atomic E-state index is 6.41. The van der Waals surface area contributed by atoms with Crippen LogP contribution in [0.5, 0.6) is 0 Å². The zero-order chi connectivity index (χ0) is 17.9. The van der Waals surface area contributed by atoms with Gasteiger partial charge in [-0.1, -0.05) is 17.7 Å². The number of hydrogen-bond donors (Lipinski definition) is 1. The van der Waals surface area contributed by atoms with E-state index in [1.165, 1.54) is 0 Å². The molecule has 0 radical (unpaired) electrons. The second-order valence-corrected chi connectivity index (χ2v) is 7.21. The van der Waals surface area contributed by atoms with Crippen LogP contribution in [-0.4, -0.2) is 31.9 Å². The Hall–Kier alpha value is -2.24. The summed E-state index contributed by atoms with van der Waals surface area (Å²) < 4.78 is 0. The molecule has 4 heterocycles. The van der Waals surface area contributed by atoms with Crippen LogP contribution in [0.3, 0.4) is 0 Å². The van der Waals surface area contributed by atoms with Crippen LogP contribution in [-0.2, 0) is 6.42 Å². The molecule has 1 saturated heterocycles. The van der Waals surface area contributed by atoms with Gasteiger partial charge in [0, 0.05) is 30.2 Å². The van der Waals surface area contributed by atoms with Crippen LogP contribution in [0.15, 0.2) is 49.1 Å². The zero-order valence-electron chi connectivity index (χ0n) is 14.8. The van der Waals surface area contributed by atoms with Gasteiger partial charge in [0.1, 0.15) is 0 Å². The number of aromatic nitrogens is 4. The van der Waals surface area contributed by atoms with E-state index in [9.17, 15) is 0 Å². The predicted molar refractivity (Wildman–Crippen MR) is 102 cm³/mol. The van der Waals surface area contributed by atoms with E-state index < -0.39 is 0 Å². The number of imidazole rings is 1. The highest BCUT2D eigenvalue weighted by Crippen LogP contribution is 2.40. The Balaban J connectivity index is 1.58. The number of piperidine rings is 1. The summed E-state index contributed by atoms with van der Waals surface area (Å²) in [4.78, 5) is 19.1. The first-order valence-corrected chi connectivity index (χ1v) is 9.35. The van der Waals surface area contributed by atoms with Crippen LogP contribution in [0, 0.1) is 0 Å². The lowest BCUT2D eigenvalue weighted by Crippen LogP contribution is -2.34. The molecule has 5 nitrogen and oxygen atoms in total. The van der Waals surface area contributed by atoms with E-state index in [0.717, 1.165) is 53.5 Å². The quantitative estimate of drug-likeness (QED) is 0.745. The van der Waals surface area contributed by atoms with Crippen molar-refractivity contribution < 1.29 is 0 Å². The van der Waals surface area contributed by atoms with Crippen LogP contribution in [0.4, 0.5) is 0 Å². The van der Waals surface area contributed by atoms with Crippen molar-refractivity contribution in [2.45, 2.75) is 37.8 Å². The standard InChI is InChI=1S/C20H22ClN5/c1-26-18(8-3-9-19(26)20-16(21)6-4-10-23-20)17-7-2-5-14(25-17)11-15-12-22-13-24-15/h2,4-7,10,12-13,18-19H,3,8-9,11H2,1H3,(H,22,24)/t18-,19+/m1/s1. The van der Waals surface area contributed by atoms with Crippen LogP contribution in [0.25, 0.3) is 0 Å². The van der Waals surface area contributed by atoms with E-state index in [2.05, 4.69) is 45.1 Å². The first-order valence-electron chi connectivity index (χ1n) is 8.98. The second kappa shape index (κ2) is 7.56. The summed E-state index contributed by atoms with van der Waals surface area (Å²) in [7, 11) is 2.16. The molecule has 0 spiro atoms. The number of nitrogens with zero attached hydrogens (tertiary/aromatic N) is 4. The van der Waals surface area contributed by atoms with Crippen molar-refractivity contribution >= 4 is 11.6 Å². The fourth-order valence-electron chi connectivity index (χ4n) is 3.82. The molecule has 134 valence electrons. The molecule has 1 aliphatic heterocycles. The smallest absolute Gasteiger partial charge is 0.0921 e. The number of nitrogens with one attached hydrogen (secondary N) is 1. The maximum Gasteiger partial charge on any atom is 0.0921 e. The Bertz CT molecular complexity index is 864. The number of hydrogen-bond acceptors (Lipinski definition) is 4. The Labute approximate surface area is 158 Å². The molecule has 3 aromatic rings. The van der Waals surface area contributed by atoms with Crippen LogP contribution in [0.2, 0.25) is 5.02 Å². The Kier molecular flexibility index (Phi) is 5.00. The van der Waals surface area contributed by atoms with Gasteiger partial charge in [0.05, 0.1) is 34.8 Å². The van der Waals surface area contributed by atoms with Gasteiger partial charge in [-0.25, -0.2) is 4.98 Å². The fraction of sp³-hybridized carbons (Fsp3) is 0.350. The molecule has 4 rings (SSSR count). The molecule has 1 aliphatic rings. The molecule has 26 heavy (non-hydrogen) atoms. The van der Waals surface area contributed by atoms with E-state index in [4.69, 9.17) is 16.6 Å². The number of halogens is 1. The Morgan fingerprint density at radius 1 is 1.19 bits per heavy atom. The van der Waals surface area contributed by atoms with Crippen molar-refractivity contribution in [3.8, 4) is 0 Å². The third kappa shape index (κ3) is 3.50. The Morgan fingerprint density at radius 3 is 2.88 bits per heavy atom. The molecule has 0 bridgehead atoms. The first-order chi connectivity index (χ1) is 12.7. The van der Waals surface area contributed by atoms with Gasteiger partial charge in [-0.05, 0) is 50.6 Å². The number of pyridine rings is 2. The molecule has 6 heteroatoms. The third-order valence-corrected chi connectivity index (χ3v) is 5.46. The van der Waals surface area contributed by atoms with Gasteiger partial charge in [-0.15, -0.1) is 0 Å². The van der Waals surface area contributed by atoms with Gasteiger partial charge in [0.15, 0.2) is 0 Å². The van der Waals surface area contributed by atoms with E-state index >= 15 is 0 Å². The van der Waals surface area contributed by atoms with E-state index in [0.29, 0.717) is 0 Å². The molecule has 0 aromatic carbocycles. The molecule has 0 amide bonds. The minimum atomic E-state index is 0.223. The van der Waals surface area contributed by atoms with Crippen molar-refractivity contribution in [1.29, 1.82) is 0 Å². The lowest BCUT2D eigenvalue weighted by atomic mass is 9.92. The molecular weight excluding hydrogens is 346 g/mol. The fourth-order valence-corrected chi connectivity index (χ4v) is 4.06. The summed E-state index contributed by atoms with van der Waals surface area (Å²) in [5.74, 6) is 0. The topological polar surface area (TPSA) is 57.7 Å². The highest BCUT2D eigenvalue weighted by molar-refractivity contribution is 6.31. The van der Waals surface area contributed by atoms with Crippen molar-refractivity contribution in [3.63, 3.8) is 0 Å². The number of rotatable bonds is 4. The molecule has 1 fully saturated rings. The Morgan fingerprint density at radius 2 is 2.08 bits per heavy atom. The summed E-state index contributed by atoms with van der Waals surface area (Å²) in [5, 5.41) is 0.742. The first kappa shape index (κ1) is 17.2. The van der Waals surface area contributed by atoms with Gasteiger partial charge in [0.2, 0.25) is 0 Å². The number of H-pyrrole nitrogens is 1. The highest BCUT2D eigenvalue weighted by Gasteiger charge is 2.32. The van der Waals surface area contributed by atoms with Gasteiger partial charge >= 0.3 is 0 Å². The molecule has 0 aliphatic carbocycles. The summed E-state index contributed by atoms with van der Waals surface area (Å²) in [6.07, 6.45) is 9.44. The predicted octanol–water partition coefficient (Wildman–Crippen LogP) is 4.34. The lowest BCUT2D eigenvalue weighted by Gasteiger charge is -2.39. The van der Waals surface area contributed by atoms with Crippen molar-refractivity contribution in [3.05, 3.63) is 76.9 Å². The summed E-state index contributed by atoms with van der Waals surface area (Å²) in [6.45, 7) is 0. The number of aromatic amines is 1. The van der Waals surface area contributed by atoms with Gasteiger partial charge in [-0.3, -0.25) is 14.9 Å². The lowest BCUT2D eigenvalue weighted by molar-refractivity contribution is 0.109. The van der Waals surface area contributed by atoms with E-state index in [-0.39, 0.29) is 12.1 Å². The SMILES string of the molecule is CN1[C@@H](c2cccc(Cc3cnc[nH]3)n2)CCC[C@H]1c1ncccc1Cl. The van der Waals surface area contributed by atoms with Gasteiger partial charge in [0.25, 0.3) is 0 Å². The van der Waals surface area contributed by atoms with E-state index in [1.807, 2.05) is 24.5 Å². The molecule has 0 unspecified atom stereocenters. The molecule has 3 aromatic heterocycles. The van der Waals surface area contributed by atoms with Gasteiger partial charge in [-0.2, -0.15) is 0 Å². The van der Waals surface area contributed by atoms with Crippen molar-refractivity contribution in [2.75, 3.05) is 7.05 Å². The molecule has 0 saturated carbocycles. The monoisotopic (exact) mass is 367 g/mol. The summed E-state index contributed by atoms with van der Waals surface area (Å²) in [6, 6.07) is 10.6. The average Bonchev–Trinajstić information content (AvgIpc) is 3.16. The largest absolute Gasteiger partial charge is 0.348 e. The van der Waals surface area contributed by atoms with Crippen LogP contribution >= 0.6 is 11.6 Å². The molecular formula is C20H22ClN5. The third-order valence-electron chi connectivity index (χ3n) is 5.14. The minimum absolute atomic E-state index is 0.223. The zero-order valence-corrected chi connectivity index (χ0v) is 15.5. The summed E-state index contributed by atoms with van der Waals surface area (Å²) >= 11 is 6.41. The second-order valence-electron chi connectivity index (χ2n) is 6.81. The molecule has 1 N–H and O–H groups in total. The highest BCUT2D eigenvalue weighted by atomic mass is 35.5. The molecule has 2 atom stereocenters. The van der Waals surface area contributed by atoms with Crippen molar-refractivity contribution in [2.24, 2.45) is 0 Å². The maximum atomic E-state index is 6.41. The van der Waals surface area contributed by atoms with Crippen molar-refractivity contribution in [1.82, 2.24) is 24.8 Å².